The Morgan fingerprint density at radius 3 is 2.32 bits per heavy atom. The fraction of sp³-hybridized carbons (Fsp3) is 0. The number of hydrogen-bond acceptors (Lipinski definition) is 4. The van der Waals surface area contributed by atoms with Crippen LogP contribution in [0.25, 0.3) is 22.4 Å². The minimum atomic E-state index is -0.520. The summed E-state index contributed by atoms with van der Waals surface area (Å²) in [7, 11) is 0. The molecule has 0 aliphatic heterocycles. The Bertz CT molecular complexity index is 849. The molecule has 0 saturated carbocycles. The molecule has 106 valence electrons. The molecule has 0 amide bonds. The van der Waals surface area contributed by atoms with Crippen LogP contribution in [0.4, 0.5) is 10.2 Å². The van der Waals surface area contributed by atoms with Gasteiger partial charge in [-0.3, -0.25) is 4.98 Å². The second-order valence-electron chi connectivity index (χ2n) is 4.68. The number of aromatic nitrogens is 2. The number of halogens is 1. The number of nitriles is 1. The van der Waals surface area contributed by atoms with E-state index in [4.69, 9.17) is 11.0 Å². The maximum absolute atomic E-state index is 13.7. The van der Waals surface area contributed by atoms with E-state index in [0.29, 0.717) is 17.1 Å². The van der Waals surface area contributed by atoms with Crippen LogP contribution in [-0.2, 0) is 0 Å². The lowest BCUT2D eigenvalue weighted by molar-refractivity contribution is 0.624. The molecule has 3 rings (SSSR count). The number of nitrogens with zero attached hydrogens (tertiary/aromatic N) is 3. The molecule has 0 atom stereocenters. The highest BCUT2D eigenvalue weighted by Crippen LogP contribution is 2.27. The molecule has 1 aromatic heterocycles. The lowest BCUT2D eigenvalue weighted by atomic mass is 9.98. The minimum absolute atomic E-state index is 0.0440. The highest BCUT2D eigenvalue weighted by molar-refractivity contribution is 5.73. The summed E-state index contributed by atoms with van der Waals surface area (Å²) in [5.41, 5.74) is 8.45. The summed E-state index contributed by atoms with van der Waals surface area (Å²) < 4.78 is 13.7. The number of benzene rings is 2. The molecular weight excluding hydrogens is 279 g/mol. The molecule has 0 saturated heterocycles. The molecule has 22 heavy (non-hydrogen) atoms. The first-order valence-electron chi connectivity index (χ1n) is 6.56. The summed E-state index contributed by atoms with van der Waals surface area (Å²) in [5.74, 6) is -0.160. The van der Waals surface area contributed by atoms with E-state index in [-0.39, 0.29) is 5.56 Å². The van der Waals surface area contributed by atoms with Crippen LogP contribution in [0.3, 0.4) is 0 Å². The van der Waals surface area contributed by atoms with Gasteiger partial charge in [0.05, 0.1) is 23.7 Å². The predicted octanol–water partition coefficient (Wildman–Crippen LogP) is 3.40. The predicted molar refractivity (Wildman–Crippen MR) is 82.0 cm³/mol. The summed E-state index contributed by atoms with van der Waals surface area (Å²) >= 11 is 0. The summed E-state index contributed by atoms with van der Waals surface area (Å²) in [5, 5.41) is 9.10. The molecule has 3 aromatic rings. The number of hydrogen-bond donors (Lipinski definition) is 1. The fourth-order valence-corrected chi connectivity index (χ4v) is 2.19. The van der Waals surface area contributed by atoms with Gasteiger partial charge >= 0.3 is 0 Å². The van der Waals surface area contributed by atoms with Crippen molar-refractivity contribution in [1.82, 2.24) is 9.97 Å². The molecule has 0 radical (unpaired) electrons. The molecule has 0 spiro atoms. The van der Waals surface area contributed by atoms with Crippen molar-refractivity contribution in [2.24, 2.45) is 0 Å². The van der Waals surface area contributed by atoms with Gasteiger partial charge in [-0.25, -0.2) is 9.37 Å². The number of nitrogen functional groups attached to an aromatic ring is 1. The van der Waals surface area contributed by atoms with E-state index in [0.717, 1.165) is 11.1 Å². The van der Waals surface area contributed by atoms with Gasteiger partial charge in [0, 0.05) is 11.1 Å². The van der Waals surface area contributed by atoms with Crippen molar-refractivity contribution < 1.29 is 4.39 Å². The van der Waals surface area contributed by atoms with Crippen molar-refractivity contribution in [1.29, 1.82) is 5.26 Å². The average molecular weight is 290 g/mol. The Kier molecular flexibility index (Phi) is 3.50. The summed E-state index contributed by atoms with van der Waals surface area (Å²) in [4.78, 5) is 8.20. The zero-order valence-electron chi connectivity index (χ0n) is 11.5. The molecule has 5 heteroatoms. The third-order valence-corrected chi connectivity index (χ3v) is 3.29. The first-order valence-corrected chi connectivity index (χ1v) is 6.56. The highest BCUT2D eigenvalue weighted by Gasteiger charge is 2.10. The van der Waals surface area contributed by atoms with E-state index in [2.05, 4.69) is 9.97 Å². The van der Waals surface area contributed by atoms with Crippen molar-refractivity contribution in [3.63, 3.8) is 0 Å². The van der Waals surface area contributed by atoms with Crippen LogP contribution in [0, 0.1) is 17.1 Å². The van der Waals surface area contributed by atoms with Gasteiger partial charge in [0.25, 0.3) is 0 Å². The monoisotopic (exact) mass is 290 g/mol. The van der Waals surface area contributed by atoms with E-state index < -0.39 is 5.82 Å². The summed E-state index contributed by atoms with van der Waals surface area (Å²) in [6, 6.07) is 13.8. The maximum Gasteiger partial charge on any atom is 0.141 e. The molecule has 0 bridgehead atoms. The number of nitrogens with two attached hydrogens (primary N) is 1. The molecule has 2 N–H and O–H groups in total. The van der Waals surface area contributed by atoms with Crippen molar-refractivity contribution in [2.75, 3.05) is 5.73 Å². The second-order valence-corrected chi connectivity index (χ2v) is 4.68. The average Bonchev–Trinajstić information content (AvgIpc) is 2.55. The van der Waals surface area contributed by atoms with Gasteiger partial charge in [0.1, 0.15) is 17.7 Å². The van der Waals surface area contributed by atoms with Crippen molar-refractivity contribution in [2.45, 2.75) is 0 Å². The SMILES string of the molecule is N#Cc1c(F)cccc1-c1ccc(-c2cnc(N)cn2)cc1. The number of anilines is 1. The fourth-order valence-electron chi connectivity index (χ4n) is 2.19. The van der Waals surface area contributed by atoms with Gasteiger partial charge in [-0.15, -0.1) is 0 Å². The standard InChI is InChI=1S/C17H11FN4/c18-15-3-1-2-13(14(15)8-19)11-4-6-12(7-5-11)16-9-22-17(20)10-21-16/h1-7,9-10H,(H2,20,22). The lowest BCUT2D eigenvalue weighted by Gasteiger charge is -2.06. The van der Waals surface area contributed by atoms with Crippen LogP contribution in [0.1, 0.15) is 5.56 Å². The molecule has 0 fully saturated rings. The van der Waals surface area contributed by atoms with Crippen LogP contribution in [0.2, 0.25) is 0 Å². The lowest BCUT2D eigenvalue weighted by Crippen LogP contribution is -1.93. The first kappa shape index (κ1) is 13.7. The molecule has 4 nitrogen and oxygen atoms in total. The highest BCUT2D eigenvalue weighted by atomic mass is 19.1. The van der Waals surface area contributed by atoms with Crippen LogP contribution >= 0.6 is 0 Å². The van der Waals surface area contributed by atoms with E-state index >= 15 is 0 Å². The van der Waals surface area contributed by atoms with Crippen molar-refractivity contribution in [3.05, 3.63) is 66.2 Å². The molecule has 0 unspecified atom stereocenters. The first-order chi connectivity index (χ1) is 10.7. The topological polar surface area (TPSA) is 75.6 Å². The van der Waals surface area contributed by atoms with Crippen LogP contribution in [0.15, 0.2) is 54.9 Å². The van der Waals surface area contributed by atoms with E-state index in [1.54, 1.807) is 18.3 Å². The van der Waals surface area contributed by atoms with E-state index in [1.165, 1.54) is 12.3 Å². The largest absolute Gasteiger partial charge is 0.382 e. The van der Waals surface area contributed by atoms with Gasteiger partial charge in [0.15, 0.2) is 0 Å². The summed E-state index contributed by atoms with van der Waals surface area (Å²) in [6.07, 6.45) is 3.08. The van der Waals surface area contributed by atoms with Crippen molar-refractivity contribution >= 4 is 5.82 Å². The molecule has 2 aromatic carbocycles. The zero-order valence-corrected chi connectivity index (χ0v) is 11.5. The third-order valence-electron chi connectivity index (χ3n) is 3.29. The Balaban J connectivity index is 2.01. The maximum atomic E-state index is 13.7. The van der Waals surface area contributed by atoms with Crippen LogP contribution < -0.4 is 5.73 Å². The van der Waals surface area contributed by atoms with Crippen molar-refractivity contribution in [3.8, 4) is 28.5 Å². The quantitative estimate of drug-likeness (QED) is 0.784. The molecular formula is C17H11FN4. The Hall–Kier alpha value is -3.26. The second kappa shape index (κ2) is 5.62. The minimum Gasteiger partial charge on any atom is -0.382 e. The van der Waals surface area contributed by atoms with E-state index in [1.807, 2.05) is 30.3 Å². The Morgan fingerprint density at radius 2 is 1.68 bits per heavy atom. The Labute approximate surface area is 126 Å². The van der Waals surface area contributed by atoms with Crippen LogP contribution in [0.5, 0.6) is 0 Å². The third kappa shape index (κ3) is 2.50. The normalized spacial score (nSPS) is 10.2. The Morgan fingerprint density at radius 1 is 0.955 bits per heavy atom. The van der Waals surface area contributed by atoms with Gasteiger partial charge in [0.2, 0.25) is 0 Å². The summed E-state index contributed by atoms with van der Waals surface area (Å²) in [6.45, 7) is 0. The molecule has 1 heterocycles. The van der Waals surface area contributed by atoms with Crippen LogP contribution in [-0.4, -0.2) is 9.97 Å². The smallest absolute Gasteiger partial charge is 0.141 e. The molecule has 0 aliphatic carbocycles. The van der Waals surface area contributed by atoms with E-state index in [9.17, 15) is 4.39 Å². The van der Waals surface area contributed by atoms with Gasteiger partial charge < -0.3 is 5.73 Å². The molecule has 0 aliphatic rings. The zero-order chi connectivity index (χ0) is 15.5. The van der Waals surface area contributed by atoms with Gasteiger partial charge in [-0.05, 0) is 11.6 Å². The van der Waals surface area contributed by atoms with Gasteiger partial charge in [-0.1, -0.05) is 36.4 Å². The van der Waals surface area contributed by atoms with Gasteiger partial charge in [-0.2, -0.15) is 5.26 Å². The number of rotatable bonds is 2.